The molecule has 1 aliphatic rings. The zero-order valence-corrected chi connectivity index (χ0v) is 20.4. The van der Waals surface area contributed by atoms with Crippen molar-refractivity contribution >= 4 is 23.9 Å². The molecule has 1 heterocycles. The van der Waals surface area contributed by atoms with Gasteiger partial charge in [0.05, 0.1) is 12.1 Å². The lowest BCUT2D eigenvalue weighted by molar-refractivity contribution is -0.153. The SMILES string of the molecule is CCC(C)(CC)COC(=O)N[C@H](c1ccc(F)cc1)[C@@](F)(C(C)=O)C(=O)N1C(=O)OCC1(C)C. The number of alkyl carbamates (subject to hydrolysis) is 1. The van der Waals surface area contributed by atoms with E-state index >= 15 is 4.39 Å². The number of hydrogen-bond donors (Lipinski definition) is 1. The Bertz CT molecular complexity index is 945. The van der Waals surface area contributed by atoms with Crippen LogP contribution in [0.5, 0.6) is 0 Å². The van der Waals surface area contributed by atoms with Crippen molar-refractivity contribution in [1.82, 2.24) is 10.2 Å². The first-order chi connectivity index (χ1) is 15.7. The largest absolute Gasteiger partial charge is 0.449 e. The van der Waals surface area contributed by atoms with Crippen LogP contribution in [-0.4, -0.2) is 53.2 Å². The van der Waals surface area contributed by atoms with Gasteiger partial charge in [0.15, 0.2) is 5.78 Å². The van der Waals surface area contributed by atoms with Crippen LogP contribution in [0.1, 0.15) is 66.0 Å². The van der Waals surface area contributed by atoms with Crippen LogP contribution in [0.3, 0.4) is 0 Å². The van der Waals surface area contributed by atoms with Crippen molar-refractivity contribution in [2.45, 2.75) is 71.6 Å². The van der Waals surface area contributed by atoms with Crippen LogP contribution in [0.25, 0.3) is 0 Å². The lowest BCUT2D eigenvalue weighted by Gasteiger charge is -2.36. The smallest absolute Gasteiger partial charge is 0.417 e. The molecule has 34 heavy (non-hydrogen) atoms. The highest BCUT2D eigenvalue weighted by Gasteiger charge is 2.59. The quantitative estimate of drug-likeness (QED) is 0.521. The van der Waals surface area contributed by atoms with Crippen molar-refractivity contribution in [2.75, 3.05) is 13.2 Å². The minimum absolute atomic E-state index is 0.0146. The fraction of sp³-hybridized carbons (Fsp3) is 0.583. The molecule has 1 aliphatic heterocycles. The van der Waals surface area contributed by atoms with E-state index < -0.39 is 46.9 Å². The second-order valence-corrected chi connectivity index (χ2v) is 9.50. The Morgan fingerprint density at radius 1 is 1.21 bits per heavy atom. The van der Waals surface area contributed by atoms with Gasteiger partial charge in [-0.05, 0) is 51.3 Å². The second kappa shape index (κ2) is 10.1. The second-order valence-electron chi connectivity index (χ2n) is 9.50. The summed E-state index contributed by atoms with van der Waals surface area (Å²) in [5.74, 6) is -3.39. The number of imide groups is 1. The molecule has 1 fully saturated rings. The standard InChI is InChI=1S/C24H32F2N2O6/c1-7-23(6,8-2)14-33-20(31)27-18(16-9-11-17(25)12-10-16)24(26,15(3)29)19(30)28-21(32)34-13-22(28,4)5/h9-12,18H,7-8,13-14H2,1-6H3,(H,27,31)/t18-,24+/m1/s1. The molecule has 0 aliphatic carbocycles. The first-order valence-electron chi connectivity index (χ1n) is 11.1. The number of halogens is 2. The summed E-state index contributed by atoms with van der Waals surface area (Å²) in [6.45, 7) is 9.38. The maximum Gasteiger partial charge on any atom is 0.417 e. The first kappa shape index (κ1) is 27.2. The van der Waals surface area contributed by atoms with E-state index in [2.05, 4.69) is 5.32 Å². The Labute approximate surface area is 198 Å². The molecule has 2 rings (SSSR count). The van der Waals surface area contributed by atoms with Crippen molar-refractivity contribution in [3.8, 4) is 0 Å². The van der Waals surface area contributed by atoms with E-state index in [9.17, 15) is 23.6 Å². The number of nitrogens with zero attached hydrogens (tertiary/aromatic N) is 1. The molecular weight excluding hydrogens is 450 g/mol. The summed E-state index contributed by atoms with van der Waals surface area (Å²) in [5.41, 5.74) is -5.03. The first-order valence-corrected chi connectivity index (χ1v) is 11.1. The molecule has 1 N–H and O–H groups in total. The number of rotatable bonds is 9. The van der Waals surface area contributed by atoms with Crippen molar-refractivity contribution in [3.63, 3.8) is 0 Å². The third-order valence-electron chi connectivity index (χ3n) is 6.49. The lowest BCUT2D eigenvalue weighted by atomic mass is 9.84. The number of alkyl halides is 1. The van der Waals surface area contributed by atoms with Gasteiger partial charge in [0, 0.05) is 5.41 Å². The van der Waals surface area contributed by atoms with Crippen LogP contribution >= 0.6 is 0 Å². The molecule has 3 amide bonds. The number of nitrogens with one attached hydrogen (secondary N) is 1. The van der Waals surface area contributed by atoms with E-state index in [0.717, 1.165) is 31.2 Å². The molecule has 1 aromatic carbocycles. The Morgan fingerprint density at radius 2 is 1.76 bits per heavy atom. The van der Waals surface area contributed by atoms with Crippen LogP contribution in [0, 0.1) is 11.2 Å². The summed E-state index contributed by atoms with van der Waals surface area (Å²) >= 11 is 0. The predicted molar refractivity (Wildman–Crippen MR) is 119 cm³/mol. The normalized spacial score (nSPS) is 18.0. The van der Waals surface area contributed by atoms with Crippen molar-refractivity contribution in [3.05, 3.63) is 35.6 Å². The molecule has 0 spiro atoms. The summed E-state index contributed by atoms with van der Waals surface area (Å²) in [7, 11) is 0. The number of carbonyl (C=O) groups is 4. The maximum atomic E-state index is 16.6. The molecule has 0 aromatic heterocycles. The zero-order chi connectivity index (χ0) is 25.9. The third-order valence-corrected chi connectivity index (χ3v) is 6.49. The summed E-state index contributed by atoms with van der Waals surface area (Å²) in [5, 5.41) is 2.26. The number of Topliss-reactive ketones (excluding diaryl/α,β-unsaturated/α-hetero) is 1. The number of benzene rings is 1. The van der Waals surface area contributed by atoms with E-state index in [-0.39, 0.29) is 24.2 Å². The number of ether oxygens (including phenoxy) is 2. The maximum absolute atomic E-state index is 16.6. The van der Waals surface area contributed by atoms with Gasteiger partial charge in [0.2, 0.25) is 0 Å². The van der Waals surface area contributed by atoms with E-state index in [4.69, 9.17) is 9.47 Å². The summed E-state index contributed by atoms with van der Waals surface area (Å²) in [4.78, 5) is 51.4. The number of ketones is 1. The van der Waals surface area contributed by atoms with E-state index in [1.165, 1.54) is 13.8 Å². The summed E-state index contributed by atoms with van der Waals surface area (Å²) < 4.78 is 40.3. The minimum Gasteiger partial charge on any atom is -0.449 e. The van der Waals surface area contributed by atoms with Crippen LogP contribution in [-0.2, 0) is 19.1 Å². The molecule has 2 atom stereocenters. The number of cyclic esters (lactones) is 1. The fourth-order valence-corrected chi connectivity index (χ4v) is 3.53. The number of carbonyl (C=O) groups excluding carboxylic acids is 4. The van der Waals surface area contributed by atoms with E-state index in [0.29, 0.717) is 17.7 Å². The van der Waals surface area contributed by atoms with E-state index in [1.807, 2.05) is 20.8 Å². The highest BCUT2D eigenvalue weighted by Crippen LogP contribution is 2.37. The van der Waals surface area contributed by atoms with Gasteiger partial charge in [-0.25, -0.2) is 23.3 Å². The number of amides is 3. The van der Waals surface area contributed by atoms with Gasteiger partial charge in [0.25, 0.3) is 11.6 Å². The van der Waals surface area contributed by atoms with Gasteiger partial charge >= 0.3 is 12.2 Å². The topological polar surface area (TPSA) is 102 Å². The van der Waals surface area contributed by atoms with Gasteiger partial charge in [-0.1, -0.05) is 32.9 Å². The molecule has 1 saturated heterocycles. The molecule has 0 unspecified atom stereocenters. The third kappa shape index (κ3) is 5.37. The molecule has 8 nitrogen and oxygen atoms in total. The number of hydrogen-bond acceptors (Lipinski definition) is 6. The Balaban J connectivity index is 2.49. The van der Waals surface area contributed by atoms with Gasteiger partial charge < -0.3 is 14.8 Å². The average molecular weight is 483 g/mol. The van der Waals surface area contributed by atoms with E-state index in [1.54, 1.807) is 0 Å². The van der Waals surface area contributed by atoms with Crippen LogP contribution < -0.4 is 5.32 Å². The summed E-state index contributed by atoms with van der Waals surface area (Å²) in [6.07, 6.45) is -0.755. The highest BCUT2D eigenvalue weighted by atomic mass is 19.1. The molecular formula is C24H32F2N2O6. The molecule has 0 radical (unpaired) electrons. The molecule has 0 bridgehead atoms. The van der Waals surface area contributed by atoms with Crippen LogP contribution in [0.15, 0.2) is 24.3 Å². The van der Waals surface area contributed by atoms with Gasteiger partial charge in [0.1, 0.15) is 18.5 Å². The van der Waals surface area contributed by atoms with Crippen LogP contribution in [0.4, 0.5) is 18.4 Å². The zero-order valence-electron chi connectivity index (χ0n) is 20.4. The van der Waals surface area contributed by atoms with Crippen LogP contribution in [0.2, 0.25) is 0 Å². The lowest BCUT2D eigenvalue weighted by Crippen LogP contribution is -2.61. The highest BCUT2D eigenvalue weighted by molar-refractivity contribution is 6.14. The Hall–Kier alpha value is -3.04. The Morgan fingerprint density at radius 3 is 2.21 bits per heavy atom. The van der Waals surface area contributed by atoms with Gasteiger partial charge in [-0.2, -0.15) is 0 Å². The van der Waals surface area contributed by atoms with Gasteiger partial charge in [-0.15, -0.1) is 0 Å². The summed E-state index contributed by atoms with van der Waals surface area (Å²) in [6, 6.07) is 2.38. The minimum atomic E-state index is -3.41. The van der Waals surface area contributed by atoms with Crippen molar-refractivity contribution in [1.29, 1.82) is 0 Å². The fourth-order valence-electron chi connectivity index (χ4n) is 3.53. The van der Waals surface area contributed by atoms with Crippen molar-refractivity contribution < 1.29 is 37.4 Å². The molecule has 188 valence electrons. The monoisotopic (exact) mass is 482 g/mol. The van der Waals surface area contributed by atoms with Crippen molar-refractivity contribution in [2.24, 2.45) is 5.41 Å². The van der Waals surface area contributed by atoms with Gasteiger partial charge in [-0.3, -0.25) is 9.59 Å². The molecule has 1 aromatic rings. The Kier molecular flexibility index (Phi) is 8.06. The average Bonchev–Trinajstić information content (AvgIpc) is 3.07. The predicted octanol–water partition coefficient (Wildman–Crippen LogP) is 4.47. The molecule has 0 saturated carbocycles. The molecule has 10 heteroatoms.